The third-order valence-corrected chi connectivity index (χ3v) is 3.44. The van der Waals surface area contributed by atoms with E-state index in [2.05, 4.69) is 15.9 Å². The van der Waals surface area contributed by atoms with Gasteiger partial charge in [0.15, 0.2) is 11.5 Å². The fourth-order valence-corrected chi connectivity index (χ4v) is 2.19. The number of benzene rings is 2. The summed E-state index contributed by atoms with van der Waals surface area (Å²) in [6.07, 6.45) is 0. The van der Waals surface area contributed by atoms with Gasteiger partial charge >= 0.3 is 0 Å². The average molecular weight is 354 g/mol. The molecule has 0 aliphatic heterocycles. The molecule has 0 aliphatic rings. The summed E-state index contributed by atoms with van der Waals surface area (Å²) in [5.41, 5.74) is 7.06. The molecule has 0 unspecified atom stereocenters. The molecule has 0 fully saturated rings. The third kappa shape index (κ3) is 4.19. The predicted octanol–water partition coefficient (Wildman–Crippen LogP) is 4.02. The Morgan fingerprint density at radius 1 is 1.10 bits per heavy atom. The van der Waals surface area contributed by atoms with Crippen molar-refractivity contribution in [2.24, 2.45) is 5.73 Å². The second-order valence-electron chi connectivity index (χ2n) is 4.44. The Hall–Kier alpha value is -1.59. The molecule has 2 aromatic carbocycles. The lowest BCUT2D eigenvalue weighted by atomic mass is 10.2. The van der Waals surface area contributed by atoms with E-state index in [9.17, 15) is 4.39 Å². The van der Waals surface area contributed by atoms with Crippen molar-refractivity contribution >= 4 is 15.9 Å². The zero-order valence-electron chi connectivity index (χ0n) is 11.7. The first-order chi connectivity index (χ1) is 10.1. The summed E-state index contributed by atoms with van der Waals surface area (Å²) in [6.45, 7) is 2.99. The highest BCUT2D eigenvalue weighted by Gasteiger charge is 2.09. The Morgan fingerprint density at radius 3 is 2.57 bits per heavy atom. The monoisotopic (exact) mass is 353 g/mol. The molecular weight excluding hydrogens is 337 g/mol. The fraction of sp³-hybridized carbons (Fsp3) is 0.250. The van der Waals surface area contributed by atoms with Crippen molar-refractivity contribution in [3.05, 3.63) is 57.8 Å². The zero-order chi connectivity index (χ0) is 15.2. The molecule has 0 aliphatic carbocycles. The van der Waals surface area contributed by atoms with Crippen LogP contribution in [0.1, 0.15) is 18.1 Å². The summed E-state index contributed by atoms with van der Waals surface area (Å²) in [5, 5.41) is 0. The van der Waals surface area contributed by atoms with Gasteiger partial charge in [-0.05, 0) is 36.8 Å². The average Bonchev–Trinajstić information content (AvgIpc) is 2.47. The summed E-state index contributed by atoms with van der Waals surface area (Å²) in [7, 11) is 0. The molecule has 5 heteroatoms. The maximum atomic E-state index is 13.8. The summed E-state index contributed by atoms with van der Waals surface area (Å²) in [6, 6.07) is 10.4. The van der Waals surface area contributed by atoms with Crippen LogP contribution in [0.5, 0.6) is 11.5 Å². The molecule has 0 atom stereocenters. The number of hydrogen-bond donors (Lipinski definition) is 1. The minimum absolute atomic E-state index is 0.140. The van der Waals surface area contributed by atoms with Crippen LogP contribution in [0.2, 0.25) is 0 Å². The lowest BCUT2D eigenvalue weighted by Crippen LogP contribution is -2.03. The van der Waals surface area contributed by atoms with Gasteiger partial charge in [-0.1, -0.05) is 28.1 Å². The summed E-state index contributed by atoms with van der Waals surface area (Å²) in [5.74, 6) is 0.898. The topological polar surface area (TPSA) is 44.5 Å². The molecule has 0 aromatic heterocycles. The van der Waals surface area contributed by atoms with Gasteiger partial charge in [0.2, 0.25) is 0 Å². The highest BCUT2D eigenvalue weighted by molar-refractivity contribution is 9.10. The Morgan fingerprint density at radius 2 is 1.90 bits per heavy atom. The van der Waals surface area contributed by atoms with Gasteiger partial charge < -0.3 is 15.2 Å². The molecule has 112 valence electrons. The molecule has 21 heavy (non-hydrogen) atoms. The van der Waals surface area contributed by atoms with E-state index in [1.807, 2.05) is 19.1 Å². The number of nitrogens with two attached hydrogens (primary N) is 1. The molecule has 0 radical (unpaired) electrons. The van der Waals surface area contributed by atoms with Crippen molar-refractivity contribution in [2.45, 2.75) is 20.1 Å². The van der Waals surface area contributed by atoms with Crippen LogP contribution in [-0.4, -0.2) is 6.61 Å². The molecule has 2 N–H and O–H groups in total. The number of halogens is 2. The van der Waals surface area contributed by atoms with Crippen LogP contribution in [0, 0.1) is 5.82 Å². The minimum Gasteiger partial charge on any atom is -0.490 e. The molecule has 2 rings (SSSR count). The quantitative estimate of drug-likeness (QED) is 0.852. The zero-order valence-corrected chi connectivity index (χ0v) is 13.3. The molecule has 0 amide bonds. The van der Waals surface area contributed by atoms with E-state index in [0.29, 0.717) is 34.7 Å². The molecule has 2 aromatic rings. The highest BCUT2D eigenvalue weighted by atomic mass is 79.9. The summed E-state index contributed by atoms with van der Waals surface area (Å²) in [4.78, 5) is 0. The van der Waals surface area contributed by atoms with Gasteiger partial charge in [0.1, 0.15) is 12.4 Å². The van der Waals surface area contributed by atoms with Crippen molar-refractivity contribution in [2.75, 3.05) is 6.61 Å². The number of rotatable bonds is 6. The van der Waals surface area contributed by atoms with Crippen LogP contribution in [0.3, 0.4) is 0 Å². The normalized spacial score (nSPS) is 10.5. The highest BCUT2D eigenvalue weighted by Crippen LogP contribution is 2.29. The lowest BCUT2D eigenvalue weighted by molar-refractivity contribution is 0.265. The van der Waals surface area contributed by atoms with E-state index < -0.39 is 0 Å². The Bertz CT molecular complexity index is 619. The minimum atomic E-state index is -0.305. The van der Waals surface area contributed by atoms with Gasteiger partial charge in [-0.15, -0.1) is 0 Å². The van der Waals surface area contributed by atoms with Crippen LogP contribution in [0.15, 0.2) is 40.9 Å². The van der Waals surface area contributed by atoms with Crippen LogP contribution < -0.4 is 15.2 Å². The van der Waals surface area contributed by atoms with Crippen LogP contribution in [0.4, 0.5) is 4.39 Å². The molecule has 3 nitrogen and oxygen atoms in total. The lowest BCUT2D eigenvalue weighted by Gasteiger charge is -2.13. The standard InChI is InChI=1S/C16H17BrFNO2/c1-2-20-16-7-11(9-19)3-6-15(16)21-10-12-4-5-13(17)8-14(12)18/h3-8H,2,9-10,19H2,1H3. The van der Waals surface area contributed by atoms with Crippen molar-refractivity contribution in [3.8, 4) is 11.5 Å². The summed E-state index contributed by atoms with van der Waals surface area (Å²) >= 11 is 3.23. The third-order valence-electron chi connectivity index (χ3n) is 2.94. The van der Waals surface area contributed by atoms with E-state index in [4.69, 9.17) is 15.2 Å². The molecule has 0 saturated carbocycles. The van der Waals surface area contributed by atoms with Gasteiger partial charge in [0.25, 0.3) is 0 Å². The Balaban J connectivity index is 2.15. The molecule has 0 bridgehead atoms. The first-order valence-electron chi connectivity index (χ1n) is 6.66. The van der Waals surface area contributed by atoms with Crippen LogP contribution in [-0.2, 0) is 13.2 Å². The number of hydrogen-bond acceptors (Lipinski definition) is 3. The Labute approximate surface area is 132 Å². The number of ether oxygens (including phenoxy) is 2. The van der Waals surface area contributed by atoms with E-state index in [1.54, 1.807) is 18.2 Å². The van der Waals surface area contributed by atoms with E-state index in [-0.39, 0.29) is 12.4 Å². The second-order valence-corrected chi connectivity index (χ2v) is 5.36. The molecule has 0 heterocycles. The van der Waals surface area contributed by atoms with Crippen molar-refractivity contribution in [3.63, 3.8) is 0 Å². The maximum absolute atomic E-state index is 13.8. The smallest absolute Gasteiger partial charge is 0.161 e. The fourth-order valence-electron chi connectivity index (χ4n) is 1.86. The van der Waals surface area contributed by atoms with E-state index in [0.717, 1.165) is 5.56 Å². The second kappa shape index (κ2) is 7.43. The van der Waals surface area contributed by atoms with Gasteiger partial charge in [-0.3, -0.25) is 0 Å². The van der Waals surface area contributed by atoms with Crippen molar-refractivity contribution in [1.82, 2.24) is 0 Å². The van der Waals surface area contributed by atoms with Crippen LogP contribution >= 0.6 is 15.9 Å². The molecular formula is C16H17BrFNO2. The molecule has 0 spiro atoms. The Kier molecular flexibility index (Phi) is 5.59. The maximum Gasteiger partial charge on any atom is 0.161 e. The molecule has 0 saturated heterocycles. The van der Waals surface area contributed by atoms with Gasteiger partial charge in [-0.25, -0.2) is 4.39 Å². The first kappa shape index (κ1) is 15.8. The first-order valence-corrected chi connectivity index (χ1v) is 7.46. The van der Waals surface area contributed by atoms with Gasteiger partial charge in [0.05, 0.1) is 6.61 Å². The van der Waals surface area contributed by atoms with E-state index >= 15 is 0 Å². The SMILES string of the molecule is CCOc1cc(CN)ccc1OCc1ccc(Br)cc1F. The van der Waals surface area contributed by atoms with E-state index in [1.165, 1.54) is 6.07 Å². The van der Waals surface area contributed by atoms with Gasteiger partial charge in [0, 0.05) is 16.6 Å². The largest absolute Gasteiger partial charge is 0.490 e. The predicted molar refractivity (Wildman–Crippen MR) is 83.9 cm³/mol. The van der Waals surface area contributed by atoms with Crippen LogP contribution in [0.25, 0.3) is 0 Å². The van der Waals surface area contributed by atoms with Crippen molar-refractivity contribution in [1.29, 1.82) is 0 Å². The van der Waals surface area contributed by atoms with Gasteiger partial charge in [-0.2, -0.15) is 0 Å². The van der Waals surface area contributed by atoms with Crippen molar-refractivity contribution < 1.29 is 13.9 Å². The summed E-state index contributed by atoms with van der Waals surface area (Å²) < 4.78 is 25.7.